The van der Waals surface area contributed by atoms with Gasteiger partial charge in [0, 0.05) is 16.8 Å². The van der Waals surface area contributed by atoms with Gasteiger partial charge in [-0.1, -0.05) is 48.0 Å². The van der Waals surface area contributed by atoms with Crippen molar-refractivity contribution in [3.05, 3.63) is 131 Å². The van der Waals surface area contributed by atoms with Gasteiger partial charge in [-0.2, -0.15) is 0 Å². The number of hydrogen-bond acceptors (Lipinski definition) is 5. The van der Waals surface area contributed by atoms with E-state index in [2.05, 4.69) is 4.98 Å². The molecule has 0 radical (unpaired) electrons. The molecule has 1 atom stereocenters. The van der Waals surface area contributed by atoms with E-state index < -0.39 is 17.7 Å². The van der Waals surface area contributed by atoms with E-state index in [-0.39, 0.29) is 17.9 Å². The van der Waals surface area contributed by atoms with Crippen molar-refractivity contribution in [2.45, 2.75) is 12.6 Å². The van der Waals surface area contributed by atoms with Crippen LogP contribution in [0.15, 0.2) is 109 Å². The van der Waals surface area contributed by atoms with Crippen molar-refractivity contribution in [1.82, 2.24) is 9.88 Å². The zero-order valence-corrected chi connectivity index (χ0v) is 19.8. The van der Waals surface area contributed by atoms with Crippen LogP contribution < -0.4 is 4.74 Å². The molecule has 1 unspecified atom stereocenters. The molecule has 2 heterocycles. The fourth-order valence-corrected chi connectivity index (χ4v) is 4.32. The predicted molar refractivity (Wildman–Crippen MR) is 136 cm³/mol. The molecule has 0 bridgehead atoms. The second-order valence-corrected chi connectivity index (χ2v) is 8.68. The monoisotopic (exact) mass is 496 g/mol. The van der Waals surface area contributed by atoms with Crippen molar-refractivity contribution in [3.8, 4) is 11.5 Å². The van der Waals surface area contributed by atoms with Gasteiger partial charge in [-0.15, -0.1) is 0 Å². The standard InChI is InChI=1S/C29H21ClN2O4/c30-21-14-12-19(13-15-21)27(33)25-26(32(29(35)28(25)34)18-22-8-4-5-16-31-22)20-7-6-11-24(17-20)36-23-9-2-1-3-10-23/h1-17,26,33H,18H2/b27-25-. The van der Waals surface area contributed by atoms with Gasteiger partial charge in [-0.3, -0.25) is 14.6 Å². The summed E-state index contributed by atoms with van der Waals surface area (Å²) in [5.74, 6) is -0.562. The van der Waals surface area contributed by atoms with Crippen LogP contribution in [-0.2, 0) is 16.1 Å². The Bertz CT molecular complexity index is 1440. The molecule has 1 fully saturated rings. The molecule has 1 N–H and O–H groups in total. The lowest BCUT2D eigenvalue weighted by Crippen LogP contribution is -2.29. The number of nitrogens with zero attached hydrogens (tertiary/aromatic N) is 2. The number of likely N-dealkylation sites (tertiary alicyclic amines) is 1. The Morgan fingerprint density at radius 1 is 0.889 bits per heavy atom. The van der Waals surface area contributed by atoms with Gasteiger partial charge in [0.25, 0.3) is 11.7 Å². The van der Waals surface area contributed by atoms with Gasteiger partial charge < -0.3 is 14.7 Å². The summed E-state index contributed by atoms with van der Waals surface area (Å²) in [5.41, 5.74) is 1.62. The van der Waals surface area contributed by atoms with E-state index in [1.54, 1.807) is 66.9 Å². The molecular formula is C29H21ClN2O4. The minimum absolute atomic E-state index is 0.00452. The number of aliphatic hydroxyl groups excluding tert-OH is 1. The lowest BCUT2D eigenvalue weighted by Gasteiger charge is -2.25. The summed E-state index contributed by atoms with van der Waals surface area (Å²) in [6.45, 7) is 0.0945. The first-order valence-corrected chi connectivity index (χ1v) is 11.7. The van der Waals surface area contributed by atoms with Crippen molar-refractivity contribution in [3.63, 3.8) is 0 Å². The lowest BCUT2D eigenvalue weighted by molar-refractivity contribution is -0.140. The third-order valence-corrected chi connectivity index (χ3v) is 6.12. The van der Waals surface area contributed by atoms with E-state index >= 15 is 0 Å². The number of pyridine rings is 1. The van der Waals surface area contributed by atoms with Crippen LogP contribution in [0, 0.1) is 0 Å². The normalized spacial score (nSPS) is 16.8. The van der Waals surface area contributed by atoms with Gasteiger partial charge in [0.1, 0.15) is 17.3 Å². The van der Waals surface area contributed by atoms with Crippen molar-refractivity contribution < 1.29 is 19.4 Å². The maximum Gasteiger partial charge on any atom is 0.296 e. The zero-order valence-electron chi connectivity index (χ0n) is 19.0. The van der Waals surface area contributed by atoms with E-state index in [1.807, 2.05) is 36.4 Å². The summed E-state index contributed by atoms with van der Waals surface area (Å²) >= 11 is 6.00. The van der Waals surface area contributed by atoms with E-state index in [1.165, 1.54) is 4.90 Å². The predicted octanol–water partition coefficient (Wildman–Crippen LogP) is 6.15. The van der Waals surface area contributed by atoms with Crippen molar-refractivity contribution in [1.29, 1.82) is 0 Å². The molecule has 7 heteroatoms. The van der Waals surface area contributed by atoms with Gasteiger partial charge >= 0.3 is 0 Å². The number of aromatic nitrogens is 1. The van der Waals surface area contributed by atoms with E-state index in [0.29, 0.717) is 33.3 Å². The number of rotatable bonds is 6. The minimum Gasteiger partial charge on any atom is -0.507 e. The van der Waals surface area contributed by atoms with E-state index in [4.69, 9.17) is 16.3 Å². The molecule has 1 aromatic heterocycles. The SMILES string of the molecule is O=C1C(=O)N(Cc2ccccn2)C(c2cccc(Oc3ccccc3)c2)/C1=C(/O)c1ccc(Cl)cc1. The molecule has 0 saturated carbocycles. The van der Waals surface area contributed by atoms with Crippen molar-refractivity contribution >= 4 is 29.1 Å². The molecular weight excluding hydrogens is 476 g/mol. The quantitative estimate of drug-likeness (QED) is 0.197. The molecule has 36 heavy (non-hydrogen) atoms. The summed E-state index contributed by atoms with van der Waals surface area (Å²) < 4.78 is 5.99. The average Bonchev–Trinajstić information content (AvgIpc) is 3.15. The van der Waals surface area contributed by atoms with Crippen LogP contribution in [0.25, 0.3) is 5.76 Å². The highest BCUT2D eigenvalue weighted by Gasteiger charge is 2.46. The Balaban J connectivity index is 1.61. The highest BCUT2D eigenvalue weighted by Crippen LogP contribution is 2.41. The molecule has 6 nitrogen and oxygen atoms in total. The Morgan fingerprint density at radius 2 is 1.61 bits per heavy atom. The van der Waals surface area contributed by atoms with Crippen LogP contribution in [0.3, 0.4) is 0 Å². The maximum atomic E-state index is 13.3. The highest BCUT2D eigenvalue weighted by atomic mass is 35.5. The van der Waals surface area contributed by atoms with Crippen molar-refractivity contribution in [2.24, 2.45) is 0 Å². The first-order chi connectivity index (χ1) is 17.5. The summed E-state index contributed by atoms with van der Waals surface area (Å²) in [6.07, 6.45) is 1.63. The van der Waals surface area contributed by atoms with E-state index in [0.717, 1.165) is 0 Å². The van der Waals surface area contributed by atoms with Gasteiger partial charge in [0.15, 0.2) is 0 Å². The van der Waals surface area contributed by atoms with Crippen LogP contribution >= 0.6 is 11.6 Å². The molecule has 3 aromatic carbocycles. The highest BCUT2D eigenvalue weighted by molar-refractivity contribution is 6.46. The Kier molecular flexibility index (Phi) is 6.52. The third kappa shape index (κ3) is 4.72. The fourth-order valence-electron chi connectivity index (χ4n) is 4.19. The van der Waals surface area contributed by atoms with Crippen LogP contribution in [0.5, 0.6) is 11.5 Å². The molecule has 178 valence electrons. The number of hydrogen-bond donors (Lipinski definition) is 1. The number of benzene rings is 3. The molecule has 0 aliphatic carbocycles. The van der Waals surface area contributed by atoms with Gasteiger partial charge in [-0.05, 0) is 66.2 Å². The lowest BCUT2D eigenvalue weighted by atomic mass is 9.95. The molecule has 1 aliphatic rings. The molecule has 5 rings (SSSR count). The van der Waals surface area contributed by atoms with Crippen LogP contribution in [-0.4, -0.2) is 26.7 Å². The maximum absolute atomic E-state index is 13.3. The van der Waals surface area contributed by atoms with Crippen LogP contribution in [0.4, 0.5) is 0 Å². The van der Waals surface area contributed by atoms with Gasteiger partial charge in [0.2, 0.25) is 0 Å². The number of ether oxygens (including phenoxy) is 1. The molecule has 0 spiro atoms. The van der Waals surface area contributed by atoms with Crippen molar-refractivity contribution in [2.75, 3.05) is 0 Å². The smallest absolute Gasteiger partial charge is 0.296 e. The minimum atomic E-state index is -0.845. The van der Waals surface area contributed by atoms with Crippen LogP contribution in [0.2, 0.25) is 5.02 Å². The Hall–Kier alpha value is -4.42. The molecule has 1 saturated heterocycles. The summed E-state index contributed by atoms with van der Waals surface area (Å²) in [4.78, 5) is 32.2. The van der Waals surface area contributed by atoms with Gasteiger partial charge in [0.05, 0.1) is 23.9 Å². The second kappa shape index (κ2) is 10.1. The summed E-state index contributed by atoms with van der Waals surface area (Å²) in [6, 6.07) is 27.4. The number of ketones is 1. The number of carbonyl (C=O) groups is 2. The Morgan fingerprint density at radius 3 is 2.33 bits per heavy atom. The van der Waals surface area contributed by atoms with E-state index in [9.17, 15) is 14.7 Å². The first kappa shape index (κ1) is 23.3. The summed E-state index contributed by atoms with van der Waals surface area (Å²) in [5, 5.41) is 11.7. The van der Waals surface area contributed by atoms with Crippen LogP contribution in [0.1, 0.15) is 22.9 Å². The first-order valence-electron chi connectivity index (χ1n) is 11.3. The number of aliphatic hydroxyl groups is 1. The molecule has 1 amide bonds. The second-order valence-electron chi connectivity index (χ2n) is 8.24. The number of halogens is 1. The summed E-state index contributed by atoms with van der Waals surface area (Å²) in [7, 11) is 0. The van der Waals surface area contributed by atoms with Gasteiger partial charge in [-0.25, -0.2) is 0 Å². The Labute approximate surface area is 213 Å². The topological polar surface area (TPSA) is 79.7 Å². The third-order valence-electron chi connectivity index (χ3n) is 5.87. The number of carbonyl (C=O) groups excluding carboxylic acids is 2. The number of para-hydroxylation sites is 1. The zero-order chi connectivity index (χ0) is 25.1. The molecule has 1 aliphatic heterocycles. The fraction of sp³-hybridized carbons (Fsp3) is 0.0690. The number of Topliss-reactive ketones (excluding diaryl/α,β-unsaturated/α-hetero) is 1. The molecule has 4 aromatic rings. The average molecular weight is 497 g/mol. The largest absolute Gasteiger partial charge is 0.507 e. The number of amides is 1.